The van der Waals surface area contributed by atoms with E-state index in [1.54, 1.807) is 0 Å². The summed E-state index contributed by atoms with van der Waals surface area (Å²) in [5, 5.41) is 3.39. The quantitative estimate of drug-likeness (QED) is 0.926. The minimum Gasteiger partial charge on any atom is -0.335 e. The molecular formula is C19H29N3O. The summed E-state index contributed by atoms with van der Waals surface area (Å²) in [4.78, 5) is 17.4. The normalized spacial score (nSPS) is 25.8. The van der Waals surface area contributed by atoms with Gasteiger partial charge in [-0.3, -0.25) is 9.69 Å². The fourth-order valence-electron chi connectivity index (χ4n) is 3.84. The molecule has 0 bridgehead atoms. The number of carbonyl (C=O) groups excluding carboxylic acids is 1. The summed E-state index contributed by atoms with van der Waals surface area (Å²) >= 11 is 0. The van der Waals surface area contributed by atoms with Crippen LogP contribution in [0.1, 0.15) is 30.5 Å². The number of nitrogens with one attached hydrogen (secondary N) is 1. The summed E-state index contributed by atoms with van der Waals surface area (Å²) in [5.41, 5.74) is 3.84. The van der Waals surface area contributed by atoms with Crippen LogP contribution in [-0.4, -0.2) is 54.0 Å². The minimum absolute atomic E-state index is 0.0106. The highest BCUT2D eigenvalue weighted by Crippen LogP contribution is 2.25. The SMILES string of the molecule is Cc1ccc(CN2CC(C(C)C)N3CCNC[C@H]3C2=O)cc1C. The highest BCUT2D eigenvalue weighted by Gasteiger charge is 2.42. The first kappa shape index (κ1) is 16.5. The van der Waals surface area contributed by atoms with Gasteiger partial charge >= 0.3 is 0 Å². The summed E-state index contributed by atoms with van der Waals surface area (Å²) in [7, 11) is 0. The summed E-state index contributed by atoms with van der Waals surface area (Å²) in [6.45, 7) is 13.1. The zero-order chi connectivity index (χ0) is 16.6. The van der Waals surface area contributed by atoms with Gasteiger partial charge in [0.15, 0.2) is 0 Å². The van der Waals surface area contributed by atoms with Crippen LogP contribution in [0.4, 0.5) is 0 Å². The van der Waals surface area contributed by atoms with Crippen molar-refractivity contribution in [2.75, 3.05) is 26.2 Å². The van der Waals surface area contributed by atoms with E-state index in [2.05, 4.69) is 61.0 Å². The van der Waals surface area contributed by atoms with Crippen molar-refractivity contribution in [3.05, 3.63) is 34.9 Å². The third kappa shape index (κ3) is 3.29. The van der Waals surface area contributed by atoms with Crippen LogP contribution in [0.15, 0.2) is 18.2 Å². The van der Waals surface area contributed by atoms with E-state index in [1.807, 2.05) is 0 Å². The molecular weight excluding hydrogens is 286 g/mol. The molecule has 2 atom stereocenters. The largest absolute Gasteiger partial charge is 0.335 e. The Bertz CT molecular complexity index is 584. The van der Waals surface area contributed by atoms with Gasteiger partial charge in [0.25, 0.3) is 0 Å². The van der Waals surface area contributed by atoms with Crippen LogP contribution in [0.3, 0.4) is 0 Å². The van der Waals surface area contributed by atoms with E-state index in [0.717, 1.165) is 32.7 Å². The standard InChI is InChI=1S/C19H29N3O/c1-13(2)18-12-21(11-16-6-5-14(3)15(4)9-16)19(23)17-10-20-7-8-22(17)18/h5-6,9,13,17-18,20H,7-8,10-12H2,1-4H3/t17-,18?/m0/s1. The van der Waals surface area contributed by atoms with Gasteiger partial charge in [0.05, 0.1) is 0 Å². The third-order valence-electron chi connectivity index (χ3n) is 5.43. The van der Waals surface area contributed by atoms with Gasteiger partial charge in [0.1, 0.15) is 6.04 Å². The smallest absolute Gasteiger partial charge is 0.241 e. The second kappa shape index (κ2) is 6.62. The van der Waals surface area contributed by atoms with Gasteiger partial charge in [-0.25, -0.2) is 0 Å². The van der Waals surface area contributed by atoms with Gasteiger partial charge in [-0.2, -0.15) is 0 Å². The predicted molar refractivity (Wildman–Crippen MR) is 93.3 cm³/mol. The van der Waals surface area contributed by atoms with Crippen LogP contribution in [0.5, 0.6) is 0 Å². The molecule has 0 saturated carbocycles. The molecule has 2 aliphatic heterocycles. The van der Waals surface area contributed by atoms with E-state index >= 15 is 0 Å². The molecule has 1 N–H and O–H groups in total. The van der Waals surface area contributed by atoms with Crippen LogP contribution >= 0.6 is 0 Å². The molecule has 1 amide bonds. The molecule has 1 unspecified atom stereocenters. The predicted octanol–water partition coefficient (Wildman–Crippen LogP) is 1.94. The Morgan fingerprint density at radius 2 is 2.04 bits per heavy atom. The van der Waals surface area contributed by atoms with E-state index in [4.69, 9.17) is 0 Å². The van der Waals surface area contributed by atoms with Crippen molar-refractivity contribution < 1.29 is 4.79 Å². The lowest BCUT2D eigenvalue weighted by Gasteiger charge is -2.49. The highest BCUT2D eigenvalue weighted by molar-refractivity contribution is 5.83. The maximum atomic E-state index is 12.9. The van der Waals surface area contributed by atoms with Gasteiger partial charge in [0.2, 0.25) is 5.91 Å². The first-order valence-corrected chi connectivity index (χ1v) is 8.78. The molecule has 2 heterocycles. The van der Waals surface area contributed by atoms with Gasteiger partial charge in [-0.15, -0.1) is 0 Å². The monoisotopic (exact) mass is 315 g/mol. The van der Waals surface area contributed by atoms with Crippen LogP contribution in [0, 0.1) is 19.8 Å². The first-order valence-electron chi connectivity index (χ1n) is 8.78. The zero-order valence-corrected chi connectivity index (χ0v) is 14.8. The van der Waals surface area contributed by atoms with E-state index in [-0.39, 0.29) is 11.9 Å². The molecule has 0 radical (unpaired) electrons. The van der Waals surface area contributed by atoms with Crippen LogP contribution in [0.2, 0.25) is 0 Å². The second-order valence-electron chi connectivity index (χ2n) is 7.41. The molecule has 2 aliphatic rings. The summed E-state index contributed by atoms with van der Waals surface area (Å²) in [5.74, 6) is 0.846. The fraction of sp³-hybridized carbons (Fsp3) is 0.632. The Balaban J connectivity index is 1.80. The molecule has 0 spiro atoms. The number of fused-ring (bicyclic) bond motifs is 1. The number of hydrogen-bond acceptors (Lipinski definition) is 3. The molecule has 3 rings (SSSR count). The van der Waals surface area contributed by atoms with Gasteiger partial charge in [-0.1, -0.05) is 32.0 Å². The molecule has 4 nitrogen and oxygen atoms in total. The number of rotatable bonds is 3. The number of amides is 1. The third-order valence-corrected chi connectivity index (χ3v) is 5.43. The molecule has 23 heavy (non-hydrogen) atoms. The highest BCUT2D eigenvalue weighted by atomic mass is 16.2. The van der Waals surface area contributed by atoms with E-state index < -0.39 is 0 Å². The van der Waals surface area contributed by atoms with Crippen molar-refractivity contribution >= 4 is 5.91 Å². The van der Waals surface area contributed by atoms with Crippen molar-refractivity contribution in [1.29, 1.82) is 0 Å². The topological polar surface area (TPSA) is 35.6 Å². The lowest BCUT2D eigenvalue weighted by Crippen LogP contribution is -2.68. The van der Waals surface area contributed by atoms with Crippen LogP contribution in [0.25, 0.3) is 0 Å². The van der Waals surface area contributed by atoms with E-state index in [9.17, 15) is 4.79 Å². The number of benzene rings is 1. The van der Waals surface area contributed by atoms with Crippen LogP contribution < -0.4 is 5.32 Å². The molecule has 0 aliphatic carbocycles. The van der Waals surface area contributed by atoms with Gasteiger partial charge in [0, 0.05) is 38.8 Å². The Kier molecular flexibility index (Phi) is 4.74. The Labute approximate surface area is 139 Å². The molecule has 1 aromatic carbocycles. The average Bonchev–Trinajstić information content (AvgIpc) is 2.53. The maximum absolute atomic E-state index is 12.9. The van der Waals surface area contributed by atoms with E-state index in [1.165, 1.54) is 16.7 Å². The Morgan fingerprint density at radius 3 is 2.74 bits per heavy atom. The van der Waals surface area contributed by atoms with Crippen molar-refractivity contribution in [1.82, 2.24) is 15.1 Å². The summed E-state index contributed by atoms with van der Waals surface area (Å²) in [6.07, 6.45) is 0. The number of aryl methyl sites for hydroxylation is 2. The molecule has 1 aromatic rings. The number of piperazine rings is 2. The Hall–Kier alpha value is -1.39. The molecule has 4 heteroatoms. The number of carbonyl (C=O) groups is 1. The first-order chi connectivity index (χ1) is 11.0. The van der Waals surface area contributed by atoms with Crippen molar-refractivity contribution in [2.45, 2.75) is 46.3 Å². The maximum Gasteiger partial charge on any atom is 0.241 e. The zero-order valence-electron chi connectivity index (χ0n) is 14.8. The van der Waals surface area contributed by atoms with Crippen molar-refractivity contribution in [2.24, 2.45) is 5.92 Å². The average molecular weight is 315 g/mol. The molecule has 2 saturated heterocycles. The van der Waals surface area contributed by atoms with Crippen molar-refractivity contribution in [3.8, 4) is 0 Å². The minimum atomic E-state index is 0.0106. The lowest BCUT2D eigenvalue weighted by molar-refractivity contribution is -0.148. The molecule has 126 valence electrons. The van der Waals surface area contributed by atoms with E-state index in [0.29, 0.717) is 12.0 Å². The summed E-state index contributed by atoms with van der Waals surface area (Å²) in [6, 6.07) is 7.01. The van der Waals surface area contributed by atoms with Gasteiger partial charge in [-0.05, 0) is 36.5 Å². The second-order valence-corrected chi connectivity index (χ2v) is 7.41. The number of hydrogen-bond donors (Lipinski definition) is 1. The van der Waals surface area contributed by atoms with Gasteiger partial charge < -0.3 is 10.2 Å². The molecule has 0 aromatic heterocycles. The molecule has 2 fully saturated rings. The van der Waals surface area contributed by atoms with Crippen molar-refractivity contribution in [3.63, 3.8) is 0 Å². The van der Waals surface area contributed by atoms with Crippen LogP contribution in [-0.2, 0) is 11.3 Å². The Morgan fingerprint density at radius 1 is 1.26 bits per heavy atom. The number of nitrogens with zero attached hydrogens (tertiary/aromatic N) is 2. The summed E-state index contributed by atoms with van der Waals surface area (Å²) < 4.78 is 0. The lowest BCUT2D eigenvalue weighted by atomic mass is 9.94. The fourth-order valence-corrected chi connectivity index (χ4v) is 3.84.